The number of aliphatic hydroxyl groups is 1. The highest BCUT2D eigenvalue weighted by atomic mass is 16.5. The van der Waals surface area contributed by atoms with Gasteiger partial charge in [0.15, 0.2) is 0 Å². The molecule has 1 fully saturated rings. The summed E-state index contributed by atoms with van der Waals surface area (Å²) in [5.41, 5.74) is 0. The predicted molar refractivity (Wildman–Crippen MR) is 59.0 cm³/mol. The first-order chi connectivity index (χ1) is 7.31. The number of hydrogen-bond acceptors (Lipinski definition) is 4. The monoisotopic (exact) mass is 217 g/mol. The van der Waals surface area contributed by atoms with E-state index in [1.807, 2.05) is 0 Å². The fourth-order valence-corrected chi connectivity index (χ4v) is 1.95. The average Bonchev–Trinajstić information content (AvgIpc) is 2.14. The van der Waals surface area contributed by atoms with Crippen LogP contribution in [0, 0.1) is 0 Å². The topological polar surface area (TPSA) is 41.9 Å². The van der Waals surface area contributed by atoms with Crippen LogP contribution in [0.3, 0.4) is 0 Å². The highest BCUT2D eigenvalue weighted by molar-refractivity contribution is 4.81. The van der Waals surface area contributed by atoms with Crippen LogP contribution in [-0.2, 0) is 9.47 Å². The Morgan fingerprint density at radius 2 is 2.13 bits per heavy atom. The van der Waals surface area contributed by atoms with Crippen molar-refractivity contribution < 1.29 is 14.6 Å². The quantitative estimate of drug-likeness (QED) is 0.642. The molecule has 1 saturated carbocycles. The van der Waals surface area contributed by atoms with E-state index in [9.17, 15) is 0 Å². The van der Waals surface area contributed by atoms with Gasteiger partial charge < -0.3 is 14.6 Å². The van der Waals surface area contributed by atoms with E-state index in [0.29, 0.717) is 12.6 Å². The van der Waals surface area contributed by atoms with Gasteiger partial charge in [0.1, 0.15) is 0 Å². The largest absolute Gasteiger partial charge is 0.395 e. The molecule has 0 aromatic heterocycles. The van der Waals surface area contributed by atoms with Crippen LogP contribution in [-0.4, -0.2) is 62.7 Å². The Balaban J connectivity index is 2.33. The van der Waals surface area contributed by atoms with E-state index in [1.165, 1.54) is 19.3 Å². The van der Waals surface area contributed by atoms with Crippen molar-refractivity contribution in [2.24, 2.45) is 0 Å². The minimum absolute atomic E-state index is 0.113. The van der Waals surface area contributed by atoms with Gasteiger partial charge in [0.2, 0.25) is 0 Å². The lowest BCUT2D eigenvalue weighted by molar-refractivity contribution is -0.0152. The molecule has 4 nitrogen and oxygen atoms in total. The van der Waals surface area contributed by atoms with Gasteiger partial charge in [0.25, 0.3) is 0 Å². The molecule has 1 atom stereocenters. The number of aliphatic hydroxyl groups excluding tert-OH is 1. The summed E-state index contributed by atoms with van der Waals surface area (Å²) in [5.74, 6) is 0. The Labute approximate surface area is 92.2 Å². The Kier molecular flexibility index (Phi) is 6.17. The zero-order valence-corrected chi connectivity index (χ0v) is 9.82. The second-order valence-corrected chi connectivity index (χ2v) is 4.12. The van der Waals surface area contributed by atoms with Crippen molar-refractivity contribution in [1.29, 1.82) is 0 Å². The maximum Gasteiger partial charge on any atom is 0.0931 e. The minimum atomic E-state index is 0.113. The number of ether oxygens (including phenoxy) is 2. The van der Waals surface area contributed by atoms with Crippen molar-refractivity contribution in [2.45, 2.75) is 31.4 Å². The number of methoxy groups -OCH3 is 2. The van der Waals surface area contributed by atoms with Crippen LogP contribution in [0.2, 0.25) is 0 Å². The van der Waals surface area contributed by atoms with Crippen molar-refractivity contribution in [3.8, 4) is 0 Å². The lowest BCUT2D eigenvalue weighted by Crippen LogP contribution is -2.46. The maximum atomic E-state index is 9.01. The molecule has 0 amide bonds. The first-order valence-corrected chi connectivity index (χ1v) is 5.68. The fraction of sp³-hybridized carbons (Fsp3) is 1.00. The van der Waals surface area contributed by atoms with Crippen LogP contribution in [0.15, 0.2) is 0 Å². The highest BCUT2D eigenvalue weighted by Gasteiger charge is 2.26. The van der Waals surface area contributed by atoms with Crippen molar-refractivity contribution in [3.63, 3.8) is 0 Å². The molecule has 0 aromatic carbocycles. The number of rotatable bonds is 8. The molecule has 0 bridgehead atoms. The van der Waals surface area contributed by atoms with Gasteiger partial charge in [-0.15, -0.1) is 0 Å². The third kappa shape index (κ3) is 4.07. The van der Waals surface area contributed by atoms with Gasteiger partial charge in [-0.1, -0.05) is 6.42 Å². The molecule has 1 aliphatic carbocycles. The van der Waals surface area contributed by atoms with E-state index in [-0.39, 0.29) is 12.7 Å². The van der Waals surface area contributed by atoms with E-state index in [4.69, 9.17) is 14.6 Å². The van der Waals surface area contributed by atoms with Crippen LogP contribution in [0.25, 0.3) is 0 Å². The Bertz CT molecular complexity index is 162. The smallest absolute Gasteiger partial charge is 0.0931 e. The van der Waals surface area contributed by atoms with Crippen molar-refractivity contribution in [1.82, 2.24) is 4.90 Å². The minimum Gasteiger partial charge on any atom is -0.395 e. The first-order valence-electron chi connectivity index (χ1n) is 5.68. The molecule has 0 aromatic rings. The number of hydrogen-bond donors (Lipinski definition) is 1. The second-order valence-electron chi connectivity index (χ2n) is 4.12. The van der Waals surface area contributed by atoms with E-state index >= 15 is 0 Å². The van der Waals surface area contributed by atoms with Gasteiger partial charge in [-0.2, -0.15) is 0 Å². The summed E-state index contributed by atoms with van der Waals surface area (Å²) in [6, 6.07) is 0.645. The van der Waals surface area contributed by atoms with Crippen molar-refractivity contribution in [3.05, 3.63) is 0 Å². The normalized spacial score (nSPS) is 19.2. The summed E-state index contributed by atoms with van der Waals surface area (Å²) in [6.07, 6.45) is 3.93. The molecular weight excluding hydrogens is 194 g/mol. The molecule has 0 heterocycles. The molecule has 4 heteroatoms. The maximum absolute atomic E-state index is 9.01. The van der Waals surface area contributed by atoms with Gasteiger partial charge in [-0.25, -0.2) is 0 Å². The summed E-state index contributed by atoms with van der Waals surface area (Å²) in [4.78, 5) is 2.32. The predicted octanol–water partition coefficient (Wildman–Crippen LogP) is 0.495. The van der Waals surface area contributed by atoms with Crippen LogP contribution >= 0.6 is 0 Å². The molecule has 0 radical (unpaired) electrons. The van der Waals surface area contributed by atoms with Crippen molar-refractivity contribution >= 4 is 0 Å². The summed E-state index contributed by atoms with van der Waals surface area (Å²) < 4.78 is 10.4. The fourth-order valence-electron chi connectivity index (χ4n) is 1.95. The molecular formula is C11H23NO3. The Morgan fingerprint density at radius 3 is 2.53 bits per heavy atom. The van der Waals surface area contributed by atoms with Crippen LogP contribution in [0.4, 0.5) is 0 Å². The Hall–Kier alpha value is -0.160. The van der Waals surface area contributed by atoms with E-state index in [2.05, 4.69) is 4.90 Å². The molecule has 0 spiro atoms. The third-order valence-corrected chi connectivity index (χ3v) is 3.10. The first kappa shape index (κ1) is 12.9. The summed E-state index contributed by atoms with van der Waals surface area (Å²) in [7, 11) is 3.40. The summed E-state index contributed by atoms with van der Waals surface area (Å²) in [6.45, 7) is 2.44. The van der Waals surface area contributed by atoms with E-state index in [0.717, 1.165) is 13.1 Å². The van der Waals surface area contributed by atoms with E-state index < -0.39 is 0 Å². The molecule has 0 aliphatic heterocycles. The molecule has 15 heavy (non-hydrogen) atoms. The zero-order chi connectivity index (χ0) is 11.1. The summed E-state index contributed by atoms with van der Waals surface area (Å²) >= 11 is 0. The average molecular weight is 217 g/mol. The van der Waals surface area contributed by atoms with Crippen molar-refractivity contribution in [2.75, 3.05) is 40.5 Å². The molecule has 1 rings (SSSR count). The molecule has 0 saturated heterocycles. The van der Waals surface area contributed by atoms with Gasteiger partial charge in [-0.3, -0.25) is 4.90 Å². The lowest BCUT2D eigenvalue weighted by atomic mass is 9.91. The third-order valence-electron chi connectivity index (χ3n) is 3.10. The van der Waals surface area contributed by atoms with Gasteiger partial charge >= 0.3 is 0 Å². The van der Waals surface area contributed by atoms with Gasteiger partial charge in [-0.05, 0) is 12.8 Å². The van der Waals surface area contributed by atoms with E-state index in [1.54, 1.807) is 14.2 Å². The van der Waals surface area contributed by atoms with Crippen LogP contribution in [0.1, 0.15) is 19.3 Å². The molecule has 1 unspecified atom stereocenters. The summed E-state index contributed by atoms with van der Waals surface area (Å²) in [5, 5.41) is 9.01. The van der Waals surface area contributed by atoms with Crippen LogP contribution < -0.4 is 0 Å². The standard InChI is InChI=1S/C11H23NO3/c1-14-9-11(15-2)8-12(6-7-13)10-4-3-5-10/h10-11,13H,3-9H2,1-2H3. The Morgan fingerprint density at radius 1 is 1.40 bits per heavy atom. The molecule has 1 aliphatic rings. The number of nitrogens with zero attached hydrogens (tertiary/aromatic N) is 1. The lowest BCUT2D eigenvalue weighted by Gasteiger charge is -2.38. The highest BCUT2D eigenvalue weighted by Crippen LogP contribution is 2.24. The van der Waals surface area contributed by atoms with Crippen LogP contribution in [0.5, 0.6) is 0 Å². The second kappa shape index (κ2) is 7.17. The van der Waals surface area contributed by atoms with Gasteiger partial charge in [0.05, 0.1) is 19.3 Å². The van der Waals surface area contributed by atoms with Gasteiger partial charge in [0, 0.05) is 33.4 Å². The molecule has 1 N–H and O–H groups in total. The SMILES string of the molecule is COCC(CN(CCO)C1CCC1)OC. The zero-order valence-electron chi connectivity index (χ0n) is 9.82. The molecule has 90 valence electrons.